The average molecular weight is 418 g/mol. The van der Waals surface area contributed by atoms with Crippen LogP contribution in [-0.4, -0.2) is 40.4 Å². The molecule has 140 valence electrons. The maximum absolute atomic E-state index is 12.0. The molecule has 0 saturated heterocycles. The van der Waals surface area contributed by atoms with E-state index in [0.29, 0.717) is 27.7 Å². The Morgan fingerprint density at radius 3 is 2.62 bits per heavy atom. The van der Waals surface area contributed by atoms with Gasteiger partial charge in [0.15, 0.2) is 0 Å². The highest BCUT2D eigenvalue weighted by Crippen LogP contribution is 2.35. The lowest BCUT2D eigenvalue weighted by Gasteiger charge is -2.03. The van der Waals surface area contributed by atoms with Crippen LogP contribution in [0.3, 0.4) is 0 Å². The molecular formula is C15H17Cl2N5O3S. The zero-order chi connectivity index (χ0) is 19.3. The van der Waals surface area contributed by atoms with Crippen molar-refractivity contribution in [3.63, 3.8) is 0 Å². The number of nitrogens with zero attached hydrogens (tertiary/aromatic N) is 2. The van der Waals surface area contributed by atoms with Gasteiger partial charge in [0.05, 0.1) is 26.2 Å². The van der Waals surface area contributed by atoms with Crippen LogP contribution in [0, 0.1) is 0 Å². The largest absolute Gasteiger partial charge is 0.359 e. The summed E-state index contributed by atoms with van der Waals surface area (Å²) in [5.74, 6) is -1.31. The normalized spacial score (nSPS) is 10.5. The molecule has 2 rings (SSSR count). The van der Waals surface area contributed by atoms with Crippen LogP contribution < -0.4 is 16.2 Å². The summed E-state index contributed by atoms with van der Waals surface area (Å²) in [6, 6.07) is 3.37. The Morgan fingerprint density at radius 1 is 1.23 bits per heavy atom. The number of halogens is 2. The van der Waals surface area contributed by atoms with E-state index >= 15 is 0 Å². The Bertz CT molecular complexity index is 833. The van der Waals surface area contributed by atoms with Crippen molar-refractivity contribution >= 4 is 52.3 Å². The fraction of sp³-hybridized carbons (Fsp3) is 0.333. The van der Waals surface area contributed by atoms with Gasteiger partial charge in [0, 0.05) is 26.9 Å². The summed E-state index contributed by atoms with van der Waals surface area (Å²) in [4.78, 5) is 35.6. The predicted octanol–water partition coefficient (Wildman–Crippen LogP) is 1.48. The number of aryl methyl sites for hydroxylation is 2. The van der Waals surface area contributed by atoms with E-state index in [2.05, 4.69) is 21.3 Å². The molecule has 0 aliphatic carbocycles. The third kappa shape index (κ3) is 4.75. The van der Waals surface area contributed by atoms with Gasteiger partial charge in [-0.3, -0.25) is 29.9 Å². The number of carbonyl (C=O) groups excluding carboxylic acids is 3. The molecular weight excluding hydrogens is 401 g/mol. The Morgan fingerprint density at radius 2 is 1.96 bits per heavy atom. The van der Waals surface area contributed by atoms with Gasteiger partial charge >= 0.3 is 0 Å². The Balaban J connectivity index is 2.15. The monoisotopic (exact) mass is 417 g/mol. The van der Waals surface area contributed by atoms with Gasteiger partial charge < -0.3 is 5.32 Å². The number of rotatable bonds is 6. The second-order valence-corrected chi connectivity index (χ2v) is 6.93. The van der Waals surface area contributed by atoms with Gasteiger partial charge in [-0.1, -0.05) is 11.6 Å². The molecule has 26 heavy (non-hydrogen) atoms. The van der Waals surface area contributed by atoms with E-state index in [1.807, 2.05) is 0 Å². The van der Waals surface area contributed by atoms with Crippen LogP contribution in [0.2, 0.25) is 5.02 Å². The van der Waals surface area contributed by atoms with Gasteiger partial charge in [0.25, 0.3) is 11.8 Å². The molecule has 0 unspecified atom stereocenters. The maximum Gasteiger partial charge on any atom is 0.279 e. The molecule has 3 N–H and O–H groups in total. The summed E-state index contributed by atoms with van der Waals surface area (Å²) in [7, 11) is 3.31. The number of hydrogen-bond acceptors (Lipinski definition) is 5. The molecule has 8 nitrogen and oxygen atoms in total. The van der Waals surface area contributed by atoms with Gasteiger partial charge in [-0.2, -0.15) is 5.10 Å². The molecule has 2 aromatic rings. The highest BCUT2D eigenvalue weighted by Gasteiger charge is 2.19. The number of aromatic nitrogens is 2. The van der Waals surface area contributed by atoms with E-state index in [0.717, 1.165) is 4.88 Å². The van der Waals surface area contributed by atoms with Crippen molar-refractivity contribution in [2.24, 2.45) is 7.05 Å². The van der Waals surface area contributed by atoms with Gasteiger partial charge in [-0.05, 0) is 12.1 Å². The van der Waals surface area contributed by atoms with Crippen molar-refractivity contribution in [3.8, 4) is 10.6 Å². The summed E-state index contributed by atoms with van der Waals surface area (Å²) in [5.41, 5.74) is 5.74. The van der Waals surface area contributed by atoms with E-state index in [-0.39, 0.29) is 18.2 Å². The molecule has 2 aromatic heterocycles. The molecule has 11 heteroatoms. The summed E-state index contributed by atoms with van der Waals surface area (Å²) < 4.78 is 1.62. The molecule has 0 aliphatic rings. The third-order valence-corrected chi connectivity index (χ3v) is 5.15. The lowest BCUT2D eigenvalue weighted by atomic mass is 10.2. The quantitative estimate of drug-likeness (QED) is 0.488. The minimum atomic E-state index is -0.507. The van der Waals surface area contributed by atoms with E-state index in [4.69, 9.17) is 23.2 Å². The third-order valence-electron chi connectivity index (χ3n) is 3.42. The highest BCUT2D eigenvalue weighted by atomic mass is 35.5. The first-order valence-electron chi connectivity index (χ1n) is 7.54. The topological polar surface area (TPSA) is 105 Å². The fourth-order valence-electron chi connectivity index (χ4n) is 2.15. The van der Waals surface area contributed by atoms with E-state index in [9.17, 15) is 14.4 Å². The summed E-state index contributed by atoms with van der Waals surface area (Å²) >= 11 is 13.0. The van der Waals surface area contributed by atoms with E-state index in [1.165, 1.54) is 11.3 Å². The zero-order valence-corrected chi connectivity index (χ0v) is 16.4. The number of nitrogens with one attached hydrogen (secondary N) is 3. The Hall–Kier alpha value is -2.10. The zero-order valence-electron chi connectivity index (χ0n) is 14.1. The number of alkyl halides is 1. The van der Waals surface area contributed by atoms with Crippen molar-refractivity contribution in [1.82, 2.24) is 25.9 Å². The molecule has 3 amide bonds. The van der Waals surface area contributed by atoms with Crippen molar-refractivity contribution in [2.45, 2.75) is 12.8 Å². The van der Waals surface area contributed by atoms with Crippen molar-refractivity contribution in [3.05, 3.63) is 27.7 Å². The van der Waals surface area contributed by atoms with Crippen LogP contribution in [0.1, 0.15) is 21.8 Å². The van der Waals surface area contributed by atoms with Crippen LogP contribution >= 0.6 is 34.5 Å². The molecule has 0 aliphatic heterocycles. The first kappa shape index (κ1) is 20.2. The second-order valence-electron chi connectivity index (χ2n) is 5.21. The van der Waals surface area contributed by atoms with Gasteiger partial charge in [0.1, 0.15) is 5.88 Å². The molecule has 0 fully saturated rings. The molecule has 0 atom stereocenters. The molecule has 0 aromatic carbocycles. The highest BCUT2D eigenvalue weighted by molar-refractivity contribution is 7.17. The number of hydrogen-bond donors (Lipinski definition) is 3. The van der Waals surface area contributed by atoms with Crippen molar-refractivity contribution in [2.75, 3.05) is 12.9 Å². The van der Waals surface area contributed by atoms with Gasteiger partial charge in [-0.25, -0.2) is 0 Å². The lowest BCUT2D eigenvalue weighted by molar-refractivity contribution is -0.121. The average Bonchev–Trinajstić information content (AvgIpc) is 3.21. The number of amides is 3. The van der Waals surface area contributed by atoms with E-state index in [1.54, 1.807) is 30.9 Å². The number of hydrazine groups is 1. The fourth-order valence-corrected chi connectivity index (χ4v) is 3.61. The van der Waals surface area contributed by atoms with Crippen LogP contribution in [0.4, 0.5) is 0 Å². The molecule has 2 heterocycles. The summed E-state index contributed by atoms with van der Waals surface area (Å²) in [6.07, 6.45) is 0.695. The summed E-state index contributed by atoms with van der Waals surface area (Å²) in [6.45, 7) is 0. The molecule has 0 radical (unpaired) electrons. The molecule has 0 spiro atoms. The Kier molecular flexibility index (Phi) is 7.01. The van der Waals surface area contributed by atoms with E-state index < -0.39 is 11.8 Å². The van der Waals surface area contributed by atoms with Crippen LogP contribution in [0.15, 0.2) is 12.1 Å². The number of carbonyl (C=O) groups is 3. The molecule has 0 saturated carbocycles. The second kappa shape index (κ2) is 9.02. The van der Waals surface area contributed by atoms with Gasteiger partial charge in [-0.15, -0.1) is 22.9 Å². The lowest BCUT2D eigenvalue weighted by Crippen LogP contribution is -2.41. The van der Waals surface area contributed by atoms with Crippen LogP contribution in [0.25, 0.3) is 10.6 Å². The maximum atomic E-state index is 12.0. The van der Waals surface area contributed by atoms with Crippen LogP contribution in [-0.2, 0) is 23.1 Å². The summed E-state index contributed by atoms with van der Waals surface area (Å²) in [5, 5.41) is 7.35. The standard InChI is InChI=1S/C15H17Cl2N5O3S/c1-18-11(23)6-3-8-13(17)14(22(2)21-8)9-4-5-10(26-9)15(25)20-19-12(24)7-16/h4-5H,3,6-7H2,1-2H3,(H,18,23)(H,19,24)(H,20,25). The molecule has 0 bridgehead atoms. The van der Waals surface area contributed by atoms with Crippen molar-refractivity contribution in [1.29, 1.82) is 0 Å². The smallest absolute Gasteiger partial charge is 0.279 e. The first-order chi connectivity index (χ1) is 12.4. The van der Waals surface area contributed by atoms with Crippen molar-refractivity contribution < 1.29 is 14.4 Å². The minimum Gasteiger partial charge on any atom is -0.359 e. The van der Waals surface area contributed by atoms with Gasteiger partial charge in [0.2, 0.25) is 5.91 Å². The van der Waals surface area contributed by atoms with Crippen LogP contribution in [0.5, 0.6) is 0 Å². The first-order valence-corrected chi connectivity index (χ1v) is 9.27. The minimum absolute atomic E-state index is 0.0951. The SMILES string of the molecule is CNC(=O)CCc1nn(C)c(-c2ccc(C(=O)NNC(=O)CCl)s2)c1Cl. The Labute approximate surface area is 163 Å². The predicted molar refractivity (Wildman–Crippen MR) is 100 cm³/mol. The number of thiophene rings is 1.